The maximum atomic E-state index is 11.2. The SMILES string of the molecule is NC(=O)c1cc(-c2cncc(N)c2)ccc1Cl. The lowest BCUT2D eigenvalue weighted by Gasteiger charge is -2.05. The predicted octanol–water partition coefficient (Wildman–Crippen LogP) is 2.08. The summed E-state index contributed by atoms with van der Waals surface area (Å²) in [6, 6.07) is 6.80. The Hall–Kier alpha value is -2.07. The first-order chi connectivity index (χ1) is 8.08. The Kier molecular flexibility index (Phi) is 2.97. The lowest BCUT2D eigenvalue weighted by Crippen LogP contribution is -2.11. The lowest BCUT2D eigenvalue weighted by atomic mass is 10.0. The van der Waals surface area contributed by atoms with Crippen molar-refractivity contribution in [1.29, 1.82) is 0 Å². The van der Waals surface area contributed by atoms with Crippen LogP contribution in [0, 0.1) is 0 Å². The third-order valence-electron chi connectivity index (χ3n) is 2.32. The number of aromatic nitrogens is 1. The van der Waals surface area contributed by atoms with Gasteiger partial charge >= 0.3 is 0 Å². The molecule has 0 spiro atoms. The van der Waals surface area contributed by atoms with Crippen LogP contribution in [0.2, 0.25) is 5.02 Å². The van der Waals surface area contributed by atoms with E-state index < -0.39 is 5.91 Å². The van der Waals surface area contributed by atoms with E-state index in [0.29, 0.717) is 10.7 Å². The number of carbonyl (C=O) groups is 1. The first-order valence-corrected chi connectivity index (χ1v) is 5.26. The minimum atomic E-state index is -0.561. The number of hydrogen-bond donors (Lipinski definition) is 2. The van der Waals surface area contributed by atoms with Gasteiger partial charge in [-0.2, -0.15) is 0 Å². The van der Waals surface area contributed by atoms with Gasteiger partial charge in [0.15, 0.2) is 0 Å². The van der Waals surface area contributed by atoms with Crippen molar-refractivity contribution in [1.82, 2.24) is 4.98 Å². The lowest BCUT2D eigenvalue weighted by molar-refractivity contribution is 0.100. The van der Waals surface area contributed by atoms with Crippen LogP contribution in [-0.4, -0.2) is 10.9 Å². The predicted molar refractivity (Wildman–Crippen MR) is 67.6 cm³/mol. The number of anilines is 1. The van der Waals surface area contributed by atoms with E-state index in [1.807, 2.05) is 0 Å². The number of rotatable bonds is 2. The molecular weight excluding hydrogens is 238 g/mol. The molecule has 5 heteroatoms. The van der Waals surface area contributed by atoms with Crippen LogP contribution in [0.5, 0.6) is 0 Å². The Morgan fingerprint density at radius 3 is 2.59 bits per heavy atom. The van der Waals surface area contributed by atoms with Crippen LogP contribution in [0.1, 0.15) is 10.4 Å². The summed E-state index contributed by atoms with van der Waals surface area (Å²) in [6.07, 6.45) is 3.21. The number of primary amides is 1. The highest BCUT2D eigenvalue weighted by Crippen LogP contribution is 2.25. The molecule has 0 aliphatic rings. The van der Waals surface area contributed by atoms with Gasteiger partial charge in [0.05, 0.1) is 16.3 Å². The number of amides is 1. The van der Waals surface area contributed by atoms with Gasteiger partial charge in [0, 0.05) is 18.0 Å². The summed E-state index contributed by atoms with van der Waals surface area (Å²) in [4.78, 5) is 15.2. The third-order valence-corrected chi connectivity index (χ3v) is 2.65. The molecule has 2 rings (SSSR count). The van der Waals surface area contributed by atoms with Crippen molar-refractivity contribution >= 4 is 23.2 Å². The summed E-state index contributed by atoms with van der Waals surface area (Å²) in [5, 5.41) is 0.332. The number of nitrogens with zero attached hydrogens (tertiary/aromatic N) is 1. The Morgan fingerprint density at radius 2 is 1.94 bits per heavy atom. The molecule has 0 radical (unpaired) electrons. The zero-order chi connectivity index (χ0) is 12.4. The summed E-state index contributed by atoms with van der Waals surface area (Å²) < 4.78 is 0. The highest BCUT2D eigenvalue weighted by atomic mass is 35.5. The zero-order valence-electron chi connectivity index (χ0n) is 8.85. The fraction of sp³-hybridized carbons (Fsp3) is 0. The normalized spacial score (nSPS) is 10.2. The van der Waals surface area contributed by atoms with Crippen LogP contribution in [0.25, 0.3) is 11.1 Å². The van der Waals surface area contributed by atoms with Gasteiger partial charge in [-0.25, -0.2) is 0 Å². The van der Waals surface area contributed by atoms with Crippen LogP contribution in [0.4, 0.5) is 5.69 Å². The maximum Gasteiger partial charge on any atom is 0.250 e. The molecule has 17 heavy (non-hydrogen) atoms. The molecule has 0 fully saturated rings. The van der Waals surface area contributed by atoms with E-state index in [0.717, 1.165) is 11.1 Å². The van der Waals surface area contributed by atoms with Crippen LogP contribution in [0.3, 0.4) is 0 Å². The molecule has 0 bridgehead atoms. The quantitative estimate of drug-likeness (QED) is 0.852. The van der Waals surface area contributed by atoms with Gasteiger partial charge in [0.25, 0.3) is 0 Å². The first-order valence-electron chi connectivity index (χ1n) is 4.88. The Labute approximate surface area is 103 Å². The second-order valence-corrected chi connectivity index (χ2v) is 3.97. The van der Waals surface area contributed by atoms with Crippen molar-refractivity contribution in [2.45, 2.75) is 0 Å². The molecule has 0 saturated carbocycles. The standard InChI is InChI=1S/C12H10ClN3O/c13-11-2-1-7(4-10(11)12(15)17)8-3-9(14)6-16-5-8/h1-6H,14H2,(H2,15,17). The molecule has 2 aromatic rings. The van der Waals surface area contributed by atoms with Crippen molar-refractivity contribution in [2.24, 2.45) is 5.73 Å². The number of carbonyl (C=O) groups excluding carboxylic acids is 1. The highest BCUT2D eigenvalue weighted by molar-refractivity contribution is 6.33. The molecular formula is C12H10ClN3O. The Morgan fingerprint density at radius 1 is 1.18 bits per heavy atom. The largest absolute Gasteiger partial charge is 0.397 e. The summed E-state index contributed by atoms with van der Waals surface area (Å²) >= 11 is 5.87. The molecule has 4 nitrogen and oxygen atoms in total. The molecule has 86 valence electrons. The molecule has 1 aromatic heterocycles. The molecule has 4 N–H and O–H groups in total. The molecule has 1 heterocycles. The number of halogens is 1. The van der Waals surface area contributed by atoms with Crippen molar-refractivity contribution < 1.29 is 4.79 Å². The van der Waals surface area contributed by atoms with E-state index in [1.54, 1.807) is 36.7 Å². The topological polar surface area (TPSA) is 82.0 Å². The van der Waals surface area contributed by atoms with Crippen molar-refractivity contribution in [3.63, 3.8) is 0 Å². The molecule has 1 amide bonds. The van der Waals surface area contributed by atoms with Gasteiger partial charge in [-0.05, 0) is 23.8 Å². The summed E-state index contributed by atoms with van der Waals surface area (Å²) in [6.45, 7) is 0. The minimum Gasteiger partial charge on any atom is -0.397 e. The van der Waals surface area contributed by atoms with Crippen LogP contribution >= 0.6 is 11.6 Å². The minimum absolute atomic E-state index is 0.284. The number of hydrogen-bond acceptors (Lipinski definition) is 3. The van der Waals surface area contributed by atoms with E-state index in [4.69, 9.17) is 23.1 Å². The Balaban J connectivity index is 2.54. The number of nitrogen functional groups attached to an aromatic ring is 1. The average molecular weight is 248 g/mol. The van der Waals surface area contributed by atoms with E-state index in [1.165, 1.54) is 0 Å². The summed E-state index contributed by atoms with van der Waals surface area (Å²) in [5.74, 6) is -0.561. The fourth-order valence-electron chi connectivity index (χ4n) is 1.51. The maximum absolute atomic E-state index is 11.2. The number of benzene rings is 1. The van der Waals surface area contributed by atoms with Crippen LogP contribution in [-0.2, 0) is 0 Å². The summed E-state index contributed by atoms with van der Waals surface area (Å²) in [7, 11) is 0. The van der Waals surface area contributed by atoms with Crippen molar-refractivity contribution in [2.75, 3.05) is 5.73 Å². The molecule has 0 aliphatic heterocycles. The first kappa shape index (κ1) is 11.4. The Bertz CT molecular complexity index is 584. The van der Waals surface area contributed by atoms with Gasteiger partial charge < -0.3 is 11.5 Å². The number of nitrogens with two attached hydrogens (primary N) is 2. The fourth-order valence-corrected chi connectivity index (χ4v) is 1.72. The zero-order valence-corrected chi connectivity index (χ0v) is 9.61. The molecule has 1 aromatic carbocycles. The smallest absolute Gasteiger partial charge is 0.250 e. The molecule has 0 unspecified atom stereocenters. The second-order valence-electron chi connectivity index (χ2n) is 3.57. The van der Waals surface area contributed by atoms with E-state index in [2.05, 4.69) is 4.98 Å². The monoisotopic (exact) mass is 247 g/mol. The number of pyridine rings is 1. The van der Waals surface area contributed by atoms with Crippen LogP contribution in [0.15, 0.2) is 36.7 Å². The van der Waals surface area contributed by atoms with E-state index in [-0.39, 0.29) is 5.56 Å². The van der Waals surface area contributed by atoms with E-state index >= 15 is 0 Å². The van der Waals surface area contributed by atoms with E-state index in [9.17, 15) is 4.79 Å². The van der Waals surface area contributed by atoms with Gasteiger partial charge in [-0.15, -0.1) is 0 Å². The molecule has 0 saturated heterocycles. The van der Waals surface area contributed by atoms with Gasteiger partial charge in [0.2, 0.25) is 5.91 Å². The van der Waals surface area contributed by atoms with Gasteiger partial charge in [-0.3, -0.25) is 9.78 Å². The van der Waals surface area contributed by atoms with Crippen molar-refractivity contribution in [3.8, 4) is 11.1 Å². The molecule has 0 aliphatic carbocycles. The highest BCUT2D eigenvalue weighted by Gasteiger charge is 2.08. The second kappa shape index (κ2) is 4.43. The van der Waals surface area contributed by atoms with Gasteiger partial charge in [-0.1, -0.05) is 17.7 Å². The summed E-state index contributed by atoms with van der Waals surface area (Å²) in [5.41, 5.74) is 13.3. The molecule has 0 atom stereocenters. The van der Waals surface area contributed by atoms with Crippen molar-refractivity contribution in [3.05, 3.63) is 47.2 Å². The van der Waals surface area contributed by atoms with Gasteiger partial charge in [0.1, 0.15) is 0 Å². The average Bonchev–Trinajstić information content (AvgIpc) is 2.29. The van der Waals surface area contributed by atoms with Crippen LogP contribution < -0.4 is 11.5 Å². The third kappa shape index (κ3) is 2.37.